The maximum atomic E-state index is 5.91. The summed E-state index contributed by atoms with van der Waals surface area (Å²) < 4.78 is 17.1. The molecule has 2 aromatic carbocycles. The quantitative estimate of drug-likeness (QED) is 0.760. The second-order valence-electron chi connectivity index (χ2n) is 4.22. The highest BCUT2D eigenvalue weighted by atomic mass is 16.5. The van der Waals surface area contributed by atoms with Gasteiger partial charge in [0.05, 0.1) is 13.2 Å². The molecule has 0 N–H and O–H groups in total. The first-order valence-corrected chi connectivity index (χ1v) is 6.90. The molecule has 0 bridgehead atoms. The Hall–Kier alpha value is -2.16. The van der Waals surface area contributed by atoms with Gasteiger partial charge in [-0.25, -0.2) is 0 Å². The summed E-state index contributed by atoms with van der Waals surface area (Å²) >= 11 is 0. The van der Waals surface area contributed by atoms with Crippen LogP contribution in [0, 0.1) is 0 Å². The Kier molecular flexibility index (Phi) is 5.30. The minimum absolute atomic E-state index is 0.491. The van der Waals surface area contributed by atoms with Crippen LogP contribution in [0.4, 0.5) is 0 Å². The van der Waals surface area contributed by atoms with E-state index in [1.165, 1.54) is 0 Å². The number of para-hydroxylation sites is 1. The number of hydrogen-bond acceptors (Lipinski definition) is 3. The first-order chi connectivity index (χ1) is 9.85. The van der Waals surface area contributed by atoms with Crippen molar-refractivity contribution in [2.75, 3.05) is 13.2 Å². The van der Waals surface area contributed by atoms with Gasteiger partial charge in [0.1, 0.15) is 6.61 Å². The lowest BCUT2D eigenvalue weighted by molar-refractivity contribution is 0.245. The SMILES string of the molecule is CCOc1cccc(OCC)c1OCc1ccccc1. The molecular weight excluding hydrogens is 252 g/mol. The van der Waals surface area contributed by atoms with Gasteiger partial charge in [0.25, 0.3) is 0 Å². The smallest absolute Gasteiger partial charge is 0.203 e. The van der Waals surface area contributed by atoms with Crippen molar-refractivity contribution in [3.8, 4) is 17.2 Å². The van der Waals surface area contributed by atoms with E-state index in [1.54, 1.807) is 0 Å². The molecule has 2 rings (SSSR count). The van der Waals surface area contributed by atoms with E-state index < -0.39 is 0 Å². The average Bonchev–Trinajstić information content (AvgIpc) is 2.48. The third-order valence-corrected chi connectivity index (χ3v) is 2.77. The van der Waals surface area contributed by atoms with Gasteiger partial charge in [-0.1, -0.05) is 36.4 Å². The minimum atomic E-state index is 0.491. The zero-order chi connectivity index (χ0) is 14.2. The van der Waals surface area contributed by atoms with Gasteiger partial charge in [-0.2, -0.15) is 0 Å². The zero-order valence-corrected chi connectivity index (χ0v) is 12.0. The van der Waals surface area contributed by atoms with Gasteiger partial charge in [0, 0.05) is 0 Å². The first kappa shape index (κ1) is 14.3. The van der Waals surface area contributed by atoms with Crippen molar-refractivity contribution in [1.29, 1.82) is 0 Å². The Morgan fingerprint density at radius 2 is 1.30 bits per heavy atom. The molecule has 2 aromatic rings. The lowest BCUT2D eigenvalue weighted by atomic mass is 10.2. The Morgan fingerprint density at radius 3 is 1.85 bits per heavy atom. The predicted octanol–water partition coefficient (Wildman–Crippen LogP) is 4.06. The van der Waals surface area contributed by atoms with Crippen molar-refractivity contribution >= 4 is 0 Å². The summed E-state index contributed by atoms with van der Waals surface area (Å²) in [5.41, 5.74) is 1.11. The summed E-state index contributed by atoms with van der Waals surface area (Å²) in [6.45, 7) is 5.59. The molecule has 0 aliphatic heterocycles. The van der Waals surface area contributed by atoms with E-state index in [9.17, 15) is 0 Å². The molecule has 0 radical (unpaired) electrons. The number of benzene rings is 2. The minimum Gasteiger partial charge on any atom is -0.490 e. The van der Waals surface area contributed by atoms with Gasteiger partial charge >= 0.3 is 0 Å². The molecule has 0 aliphatic carbocycles. The molecule has 0 saturated heterocycles. The summed E-state index contributed by atoms with van der Waals surface area (Å²) in [6.07, 6.45) is 0. The zero-order valence-electron chi connectivity index (χ0n) is 12.0. The molecule has 20 heavy (non-hydrogen) atoms. The highest BCUT2D eigenvalue weighted by Crippen LogP contribution is 2.37. The van der Waals surface area contributed by atoms with Crippen LogP contribution in [0.5, 0.6) is 17.2 Å². The number of ether oxygens (including phenoxy) is 3. The molecule has 0 spiro atoms. The van der Waals surface area contributed by atoms with E-state index >= 15 is 0 Å². The van der Waals surface area contributed by atoms with Crippen molar-refractivity contribution in [2.24, 2.45) is 0 Å². The molecule has 106 valence electrons. The maximum Gasteiger partial charge on any atom is 0.203 e. The highest BCUT2D eigenvalue weighted by Gasteiger charge is 2.12. The van der Waals surface area contributed by atoms with Crippen LogP contribution in [0.25, 0.3) is 0 Å². The molecule has 0 atom stereocenters. The van der Waals surface area contributed by atoms with Crippen LogP contribution >= 0.6 is 0 Å². The molecule has 0 aliphatic rings. The second kappa shape index (κ2) is 7.43. The van der Waals surface area contributed by atoms with Gasteiger partial charge in [-0.3, -0.25) is 0 Å². The van der Waals surface area contributed by atoms with Gasteiger partial charge in [0.15, 0.2) is 11.5 Å². The third-order valence-electron chi connectivity index (χ3n) is 2.77. The summed E-state index contributed by atoms with van der Waals surface area (Å²) in [6, 6.07) is 15.7. The Labute approximate surface area is 120 Å². The molecule has 0 amide bonds. The van der Waals surface area contributed by atoms with Crippen molar-refractivity contribution in [2.45, 2.75) is 20.5 Å². The molecule has 0 unspecified atom stereocenters. The van der Waals surface area contributed by atoms with Crippen molar-refractivity contribution in [3.05, 3.63) is 54.1 Å². The van der Waals surface area contributed by atoms with E-state index in [-0.39, 0.29) is 0 Å². The molecule has 0 fully saturated rings. The summed E-state index contributed by atoms with van der Waals surface area (Å²) in [5.74, 6) is 2.10. The van der Waals surface area contributed by atoms with E-state index in [1.807, 2.05) is 62.4 Å². The highest BCUT2D eigenvalue weighted by molar-refractivity contribution is 5.51. The van der Waals surface area contributed by atoms with Crippen LogP contribution < -0.4 is 14.2 Å². The number of hydrogen-bond donors (Lipinski definition) is 0. The first-order valence-electron chi connectivity index (χ1n) is 6.90. The maximum absolute atomic E-state index is 5.91. The van der Waals surface area contributed by atoms with Gasteiger partial charge < -0.3 is 14.2 Å². The van der Waals surface area contributed by atoms with Crippen LogP contribution in [0.3, 0.4) is 0 Å². The Balaban J connectivity index is 2.18. The largest absolute Gasteiger partial charge is 0.490 e. The number of rotatable bonds is 7. The van der Waals surface area contributed by atoms with Crippen LogP contribution in [0.1, 0.15) is 19.4 Å². The van der Waals surface area contributed by atoms with Crippen LogP contribution in [0.15, 0.2) is 48.5 Å². The fraction of sp³-hybridized carbons (Fsp3) is 0.294. The fourth-order valence-electron chi connectivity index (χ4n) is 1.91. The van der Waals surface area contributed by atoms with Crippen LogP contribution in [-0.2, 0) is 6.61 Å². The van der Waals surface area contributed by atoms with E-state index in [0.29, 0.717) is 25.6 Å². The lowest BCUT2D eigenvalue weighted by Gasteiger charge is -2.15. The van der Waals surface area contributed by atoms with Crippen molar-refractivity contribution < 1.29 is 14.2 Å². The molecule has 0 heterocycles. The standard InChI is InChI=1S/C17H20O3/c1-3-18-15-11-8-12-16(19-4-2)17(15)20-13-14-9-6-5-7-10-14/h5-12H,3-4,13H2,1-2H3. The van der Waals surface area contributed by atoms with E-state index in [2.05, 4.69) is 0 Å². The van der Waals surface area contributed by atoms with E-state index in [0.717, 1.165) is 17.1 Å². The molecule has 0 aromatic heterocycles. The second-order valence-corrected chi connectivity index (χ2v) is 4.22. The Bertz CT molecular complexity index is 499. The van der Waals surface area contributed by atoms with Crippen LogP contribution in [-0.4, -0.2) is 13.2 Å². The molecule has 3 heteroatoms. The molecule has 3 nitrogen and oxygen atoms in total. The topological polar surface area (TPSA) is 27.7 Å². The summed E-state index contributed by atoms with van der Waals surface area (Å²) in [7, 11) is 0. The third kappa shape index (κ3) is 3.67. The summed E-state index contributed by atoms with van der Waals surface area (Å²) in [5, 5.41) is 0. The van der Waals surface area contributed by atoms with Crippen LogP contribution in [0.2, 0.25) is 0 Å². The van der Waals surface area contributed by atoms with Gasteiger partial charge in [-0.15, -0.1) is 0 Å². The fourth-order valence-corrected chi connectivity index (χ4v) is 1.91. The predicted molar refractivity (Wildman–Crippen MR) is 79.6 cm³/mol. The summed E-state index contributed by atoms with van der Waals surface area (Å²) in [4.78, 5) is 0. The van der Waals surface area contributed by atoms with Gasteiger partial charge in [0.2, 0.25) is 5.75 Å². The van der Waals surface area contributed by atoms with Gasteiger partial charge in [-0.05, 0) is 31.5 Å². The molecular formula is C17H20O3. The Morgan fingerprint density at radius 1 is 0.700 bits per heavy atom. The normalized spacial score (nSPS) is 10.1. The lowest BCUT2D eigenvalue weighted by Crippen LogP contribution is -2.02. The van der Waals surface area contributed by atoms with E-state index in [4.69, 9.17) is 14.2 Å². The van der Waals surface area contributed by atoms with Crippen molar-refractivity contribution in [1.82, 2.24) is 0 Å². The molecule has 0 saturated carbocycles. The average molecular weight is 272 g/mol. The van der Waals surface area contributed by atoms with Crippen molar-refractivity contribution in [3.63, 3.8) is 0 Å². The monoisotopic (exact) mass is 272 g/mol.